The fourth-order valence-corrected chi connectivity index (χ4v) is 2.15. The van der Waals surface area contributed by atoms with Crippen LogP contribution < -0.4 is 0 Å². The van der Waals surface area contributed by atoms with Crippen LogP contribution in [0.25, 0.3) is 0 Å². The summed E-state index contributed by atoms with van der Waals surface area (Å²) < 4.78 is 0.816. The standard InChI is InChI=1S/C6H5BrN2S/c1-4-9-6(7)5(10-4)2-3-8/h2H2,1H3. The van der Waals surface area contributed by atoms with Gasteiger partial charge in [0.15, 0.2) is 0 Å². The smallest absolute Gasteiger partial charge is 0.121 e. The highest BCUT2D eigenvalue weighted by Crippen LogP contribution is 2.22. The Bertz CT molecular complexity index is 274. The van der Waals surface area contributed by atoms with Crippen LogP contribution in [0.3, 0.4) is 0 Å². The second-order valence-electron chi connectivity index (χ2n) is 1.78. The molecule has 0 N–H and O–H groups in total. The molecule has 0 aromatic carbocycles. The quantitative estimate of drug-likeness (QED) is 0.723. The van der Waals surface area contributed by atoms with E-state index in [0.717, 1.165) is 14.5 Å². The van der Waals surface area contributed by atoms with Crippen molar-refractivity contribution in [1.29, 1.82) is 5.26 Å². The zero-order valence-corrected chi connectivity index (χ0v) is 7.79. The molecule has 10 heavy (non-hydrogen) atoms. The number of aryl methyl sites for hydroxylation is 1. The molecule has 0 saturated carbocycles. The summed E-state index contributed by atoms with van der Waals surface area (Å²) in [5.74, 6) is 0. The minimum absolute atomic E-state index is 0.450. The molecular formula is C6H5BrN2S. The van der Waals surface area contributed by atoms with E-state index < -0.39 is 0 Å². The van der Waals surface area contributed by atoms with Gasteiger partial charge in [-0.1, -0.05) is 0 Å². The molecule has 0 atom stereocenters. The van der Waals surface area contributed by atoms with Gasteiger partial charge < -0.3 is 0 Å². The SMILES string of the molecule is Cc1nc(Br)c(CC#N)s1. The van der Waals surface area contributed by atoms with Crippen LogP contribution in [0.2, 0.25) is 0 Å². The molecule has 0 aliphatic heterocycles. The largest absolute Gasteiger partial charge is 0.234 e. The van der Waals surface area contributed by atoms with Crippen molar-refractivity contribution in [2.75, 3.05) is 0 Å². The van der Waals surface area contributed by atoms with Crippen molar-refractivity contribution < 1.29 is 0 Å². The van der Waals surface area contributed by atoms with E-state index in [4.69, 9.17) is 5.26 Å². The van der Waals surface area contributed by atoms with Crippen molar-refractivity contribution >= 4 is 27.3 Å². The third-order valence-electron chi connectivity index (χ3n) is 0.996. The summed E-state index contributed by atoms with van der Waals surface area (Å²) in [4.78, 5) is 5.13. The number of nitriles is 1. The van der Waals surface area contributed by atoms with E-state index in [0.29, 0.717) is 6.42 Å². The fourth-order valence-electron chi connectivity index (χ4n) is 0.625. The lowest BCUT2D eigenvalue weighted by Crippen LogP contribution is -1.74. The summed E-state index contributed by atoms with van der Waals surface area (Å²) in [6.07, 6.45) is 0.450. The molecule has 0 bridgehead atoms. The molecule has 2 nitrogen and oxygen atoms in total. The first-order chi connectivity index (χ1) is 4.74. The molecule has 0 fully saturated rings. The summed E-state index contributed by atoms with van der Waals surface area (Å²) in [5.41, 5.74) is 0. The van der Waals surface area contributed by atoms with Gasteiger partial charge in [-0.25, -0.2) is 4.98 Å². The summed E-state index contributed by atoms with van der Waals surface area (Å²) in [6.45, 7) is 1.93. The van der Waals surface area contributed by atoms with Gasteiger partial charge in [0.1, 0.15) is 4.60 Å². The Morgan fingerprint density at radius 3 is 2.90 bits per heavy atom. The predicted molar refractivity (Wildman–Crippen MR) is 43.9 cm³/mol. The van der Waals surface area contributed by atoms with Crippen LogP contribution in [0.15, 0.2) is 4.60 Å². The van der Waals surface area contributed by atoms with Crippen LogP contribution in [-0.4, -0.2) is 4.98 Å². The molecule has 0 aliphatic carbocycles. The molecule has 0 amide bonds. The van der Waals surface area contributed by atoms with Gasteiger partial charge in [-0.05, 0) is 22.9 Å². The van der Waals surface area contributed by atoms with Gasteiger partial charge in [0.05, 0.1) is 22.4 Å². The molecule has 4 heteroatoms. The van der Waals surface area contributed by atoms with E-state index in [2.05, 4.69) is 27.0 Å². The van der Waals surface area contributed by atoms with E-state index in [9.17, 15) is 0 Å². The van der Waals surface area contributed by atoms with E-state index >= 15 is 0 Å². The Hall–Kier alpha value is -0.400. The van der Waals surface area contributed by atoms with Crippen LogP contribution >= 0.6 is 27.3 Å². The number of aromatic nitrogens is 1. The summed E-state index contributed by atoms with van der Waals surface area (Å²) in [5, 5.41) is 9.36. The average molecular weight is 217 g/mol. The lowest BCUT2D eigenvalue weighted by atomic mass is 10.4. The van der Waals surface area contributed by atoms with Gasteiger partial charge >= 0.3 is 0 Å². The first-order valence-electron chi connectivity index (χ1n) is 2.73. The summed E-state index contributed by atoms with van der Waals surface area (Å²) in [7, 11) is 0. The number of hydrogen-bond acceptors (Lipinski definition) is 3. The Morgan fingerprint density at radius 1 is 1.80 bits per heavy atom. The number of nitrogens with zero attached hydrogens (tertiary/aromatic N) is 2. The Morgan fingerprint density at radius 2 is 2.50 bits per heavy atom. The molecule has 0 aliphatic rings. The fraction of sp³-hybridized carbons (Fsp3) is 0.333. The van der Waals surface area contributed by atoms with Crippen LogP contribution in [0.4, 0.5) is 0 Å². The lowest BCUT2D eigenvalue weighted by molar-refractivity contribution is 1.21. The molecule has 1 aromatic heterocycles. The van der Waals surface area contributed by atoms with Crippen molar-refractivity contribution in [1.82, 2.24) is 4.98 Å². The monoisotopic (exact) mass is 216 g/mol. The predicted octanol–water partition coefficient (Wildman–Crippen LogP) is 2.28. The van der Waals surface area contributed by atoms with Crippen molar-refractivity contribution in [2.24, 2.45) is 0 Å². The third kappa shape index (κ3) is 1.55. The molecule has 52 valence electrons. The van der Waals surface area contributed by atoms with Gasteiger partial charge in [-0.2, -0.15) is 5.26 Å². The number of halogens is 1. The maximum absolute atomic E-state index is 8.36. The highest BCUT2D eigenvalue weighted by atomic mass is 79.9. The Kier molecular flexibility index (Phi) is 2.41. The molecule has 1 heterocycles. The van der Waals surface area contributed by atoms with Gasteiger partial charge in [0, 0.05) is 0 Å². The van der Waals surface area contributed by atoms with Gasteiger partial charge in [0.25, 0.3) is 0 Å². The van der Waals surface area contributed by atoms with Crippen molar-refractivity contribution in [3.8, 4) is 6.07 Å². The zero-order valence-electron chi connectivity index (χ0n) is 5.39. The van der Waals surface area contributed by atoms with E-state index in [1.165, 1.54) is 0 Å². The van der Waals surface area contributed by atoms with Crippen molar-refractivity contribution in [3.05, 3.63) is 14.5 Å². The van der Waals surface area contributed by atoms with Crippen LogP contribution in [0.1, 0.15) is 9.88 Å². The van der Waals surface area contributed by atoms with Crippen molar-refractivity contribution in [3.63, 3.8) is 0 Å². The van der Waals surface area contributed by atoms with Crippen LogP contribution in [0.5, 0.6) is 0 Å². The second kappa shape index (κ2) is 3.13. The molecule has 0 unspecified atom stereocenters. The highest BCUT2D eigenvalue weighted by molar-refractivity contribution is 9.10. The number of hydrogen-bond donors (Lipinski definition) is 0. The van der Waals surface area contributed by atoms with Crippen LogP contribution in [-0.2, 0) is 6.42 Å². The minimum Gasteiger partial charge on any atom is -0.234 e. The third-order valence-corrected chi connectivity index (χ3v) is 2.89. The Balaban J connectivity index is 2.94. The molecule has 0 spiro atoms. The van der Waals surface area contributed by atoms with E-state index in [-0.39, 0.29) is 0 Å². The van der Waals surface area contributed by atoms with Gasteiger partial charge in [-0.15, -0.1) is 11.3 Å². The van der Waals surface area contributed by atoms with Crippen molar-refractivity contribution in [2.45, 2.75) is 13.3 Å². The topological polar surface area (TPSA) is 36.7 Å². The number of rotatable bonds is 1. The minimum atomic E-state index is 0.450. The molecule has 0 saturated heterocycles. The Labute approximate surface area is 71.6 Å². The first-order valence-corrected chi connectivity index (χ1v) is 4.33. The number of thiazole rings is 1. The van der Waals surface area contributed by atoms with Gasteiger partial charge in [-0.3, -0.25) is 0 Å². The summed E-state index contributed by atoms with van der Waals surface area (Å²) >= 11 is 4.82. The maximum atomic E-state index is 8.36. The molecule has 0 radical (unpaired) electrons. The van der Waals surface area contributed by atoms with Crippen LogP contribution in [0, 0.1) is 18.3 Å². The second-order valence-corrected chi connectivity index (χ2v) is 3.82. The zero-order chi connectivity index (χ0) is 7.56. The highest BCUT2D eigenvalue weighted by Gasteiger charge is 2.03. The maximum Gasteiger partial charge on any atom is 0.121 e. The lowest BCUT2D eigenvalue weighted by Gasteiger charge is -1.81. The van der Waals surface area contributed by atoms with E-state index in [1.807, 2.05) is 6.92 Å². The average Bonchev–Trinajstić information content (AvgIpc) is 2.13. The molecular weight excluding hydrogens is 212 g/mol. The van der Waals surface area contributed by atoms with Gasteiger partial charge in [0.2, 0.25) is 0 Å². The molecule has 1 aromatic rings. The normalized spacial score (nSPS) is 9.30. The summed E-state index contributed by atoms with van der Waals surface area (Å²) in [6, 6.07) is 2.08. The van der Waals surface area contributed by atoms with E-state index in [1.54, 1.807) is 11.3 Å². The first kappa shape index (κ1) is 7.70. The molecule has 1 rings (SSSR count).